The molecule has 1 aliphatic carbocycles. The van der Waals surface area contributed by atoms with E-state index in [9.17, 15) is 14.9 Å². The molecular formula is C11H13N3O4. The molecule has 0 radical (unpaired) electrons. The molecule has 1 aromatic rings. The summed E-state index contributed by atoms with van der Waals surface area (Å²) in [6.45, 7) is 1.55. The van der Waals surface area contributed by atoms with Crippen molar-refractivity contribution in [3.63, 3.8) is 0 Å². The second kappa shape index (κ2) is 4.99. The summed E-state index contributed by atoms with van der Waals surface area (Å²) in [4.78, 5) is 25.3. The summed E-state index contributed by atoms with van der Waals surface area (Å²) >= 11 is 0. The standard InChI is InChI=1S/C11H13N3O4/c1-7(11(15)13-8-4-5-8)18-9-3-2-6-12-10(9)14(16)17/h2-3,6-8H,4-5H2,1H3,(H,13,15)/t7-/m1/s1. The lowest BCUT2D eigenvalue weighted by molar-refractivity contribution is -0.390. The maximum Gasteiger partial charge on any atom is 0.406 e. The Morgan fingerprint density at radius 1 is 1.67 bits per heavy atom. The van der Waals surface area contributed by atoms with E-state index in [0.29, 0.717) is 0 Å². The van der Waals surface area contributed by atoms with Crippen molar-refractivity contribution in [1.82, 2.24) is 10.3 Å². The summed E-state index contributed by atoms with van der Waals surface area (Å²) in [6, 6.07) is 3.17. The maximum atomic E-state index is 11.7. The summed E-state index contributed by atoms with van der Waals surface area (Å²) in [5.74, 6) is -0.653. The molecule has 0 spiro atoms. The Labute approximate surface area is 103 Å². The Kier molecular flexibility index (Phi) is 3.40. The van der Waals surface area contributed by atoms with Gasteiger partial charge in [-0.2, -0.15) is 0 Å². The Balaban J connectivity index is 2.03. The first-order chi connectivity index (χ1) is 8.58. The lowest BCUT2D eigenvalue weighted by Crippen LogP contribution is -2.37. The number of carbonyl (C=O) groups excluding carboxylic acids is 1. The van der Waals surface area contributed by atoms with E-state index in [4.69, 9.17) is 4.74 Å². The monoisotopic (exact) mass is 251 g/mol. The molecule has 7 heteroatoms. The molecule has 1 amide bonds. The molecule has 0 saturated heterocycles. The minimum Gasteiger partial charge on any atom is -0.473 e. The Hall–Kier alpha value is -2.18. The summed E-state index contributed by atoms with van der Waals surface area (Å²) in [6.07, 6.45) is 2.48. The van der Waals surface area contributed by atoms with Crippen LogP contribution in [0.25, 0.3) is 0 Å². The zero-order chi connectivity index (χ0) is 13.1. The van der Waals surface area contributed by atoms with Gasteiger partial charge < -0.3 is 20.2 Å². The highest BCUT2D eigenvalue weighted by Gasteiger charge is 2.27. The maximum absolute atomic E-state index is 11.7. The number of ether oxygens (including phenoxy) is 1. The van der Waals surface area contributed by atoms with E-state index in [1.807, 2.05) is 0 Å². The van der Waals surface area contributed by atoms with Crippen LogP contribution in [-0.2, 0) is 4.79 Å². The van der Waals surface area contributed by atoms with Gasteiger partial charge in [0.1, 0.15) is 6.20 Å². The Morgan fingerprint density at radius 3 is 3.00 bits per heavy atom. The van der Waals surface area contributed by atoms with Crippen molar-refractivity contribution in [2.24, 2.45) is 0 Å². The number of hydrogen-bond donors (Lipinski definition) is 1. The molecule has 0 aliphatic heterocycles. The second-order valence-corrected chi connectivity index (χ2v) is 4.13. The third-order valence-electron chi connectivity index (χ3n) is 2.52. The smallest absolute Gasteiger partial charge is 0.406 e. The van der Waals surface area contributed by atoms with Gasteiger partial charge in [-0.25, -0.2) is 0 Å². The van der Waals surface area contributed by atoms with Crippen LogP contribution in [0.3, 0.4) is 0 Å². The van der Waals surface area contributed by atoms with Crippen LogP contribution in [0, 0.1) is 10.1 Å². The van der Waals surface area contributed by atoms with Crippen LogP contribution >= 0.6 is 0 Å². The average Bonchev–Trinajstić information content (AvgIpc) is 3.13. The number of rotatable bonds is 5. The number of carbonyl (C=O) groups is 1. The topological polar surface area (TPSA) is 94.4 Å². The SMILES string of the molecule is C[C@@H](Oc1cccnc1[N+](=O)[O-])C(=O)NC1CC1. The molecule has 0 bridgehead atoms. The van der Waals surface area contributed by atoms with E-state index >= 15 is 0 Å². The normalized spacial score (nSPS) is 15.8. The molecule has 0 aromatic carbocycles. The largest absolute Gasteiger partial charge is 0.473 e. The van der Waals surface area contributed by atoms with Gasteiger partial charge in [-0.1, -0.05) is 0 Å². The van der Waals surface area contributed by atoms with Crippen molar-refractivity contribution in [2.45, 2.75) is 31.9 Å². The molecule has 1 fully saturated rings. The van der Waals surface area contributed by atoms with Crippen LogP contribution in [-0.4, -0.2) is 28.0 Å². The number of nitrogens with zero attached hydrogens (tertiary/aromatic N) is 2. The van der Waals surface area contributed by atoms with Crippen LogP contribution in [0.1, 0.15) is 19.8 Å². The predicted molar refractivity (Wildman–Crippen MR) is 62.1 cm³/mol. The van der Waals surface area contributed by atoms with Gasteiger partial charge >= 0.3 is 5.82 Å². The van der Waals surface area contributed by atoms with Gasteiger partial charge in [0.2, 0.25) is 5.75 Å². The summed E-state index contributed by atoms with van der Waals surface area (Å²) in [5, 5.41) is 13.5. The second-order valence-electron chi connectivity index (χ2n) is 4.13. The molecule has 1 heterocycles. The van der Waals surface area contributed by atoms with Crippen molar-refractivity contribution < 1.29 is 14.5 Å². The number of hydrogen-bond acceptors (Lipinski definition) is 5. The Bertz CT molecular complexity index is 473. The number of nitro groups is 1. The molecule has 1 N–H and O–H groups in total. The van der Waals surface area contributed by atoms with Gasteiger partial charge in [-0.05, 0) is 41.8 Å². The van der Waals surface area contributed by atoms with E-state index in [1.165, 1.54) is 18.3 Å². The highest BCUT2D eigenvalue weighted by atomic mass is 16.6. The van der Waals surface area contributed by atoms with Crippen LogP contribution in [0.4, 0.5) is 5.82 Å². The van der Waals surface area contributed by atoms with Crippen LogP contribution in [0.5, 0.6) is 5.75 Å². The number of nitrogens with one attached hydrogen (secondary N) is 1. The molecule has 1 aromatic heterocycles. The lowest BCUT2D eigenvalue weighted by Gasteiger charge is -2.13. The van der Waals surface area contributed by atoms with Crippen molar-refractivity contribution in [1.29, 1.82) is 0 Å². The van der Waals surface area contributed by atoms with Gasteiger partial charge in [-0.15, -0.1) is 0 Å². The Morgan fingerprint density at radius 2 is 2.39 bits per heavy atom. The fourth-order valence-electron chi connectivity index (χ4n) is 1.40. The minimum absolute atomic E-state index is 0.000877. The van der Waals surface area contributed by atoms with Crippen molar-refractivity contribution in [3.05, 3.63) is 28.4 Å². The molecule has 18 heavy (non-hydrogen) atoms. The molecule has 1 saturated carbocycles. The van der Waals surface area contributed by atoms with Crippen LogP contribution in [0.2, 0.25) is 0 Å². The third kappa shape index (κ3) is 2.93. The van der Waals surface area contributed by atoms with E-state index in [1.54, 1.807) is 6.92 Å². The highest BCUT2D eigenvalue weighted by Crippen LogP contribution is 2.24. The first-order valence-electron chi connectivity index (χ1n) is 5.64. The van der Waals surface area contributed by atoms with Crippen molar-refractivity contribution in [3.8, 4) is 5.75 Å². The van der Waals surface area contributed by atoms with E-state index in [0.717, 1.165) is 12.8 Å². The van der Waals surface area contributed by atoms with Crippen molar-refractivity contribution >= 4 is 11.7 Å². The molecule has 2 rings (SSSR count). The number of aromatic nitrogens is 1. The zero-order valence-corrected chi connectivity index (χ0v) is 9.83. The molecular weight excluding hydrogens is 238 g/mol. The number of amides is 1. The van der Waals surface area contributed by atoms with E-state index in [-0.39, 0.29) is 23.5 Å². The van der Waals surface area contributed by atoms with Gasteiger partial charge in [0, 0.05) is 6.04 Å². The fraction of sp³-hybridized carbons (Fsp3) is 0.455. The molecule has 1 aliphatic rings. The molecule has 1 atom stereocenters. The van der Waals surface area contributed by atoms with Crippen molar-refractivity contribution in [2.75, 3.05) is 0 Å². The first-order valence-corrected chi connectivity index (χ1v) is 5.64. The third-order valence-corrected chi connectivity index (χ3v) is 2.52. The molecule has 7 nitrogen and oxygen atoms in total. The first kappa shape index (κ1) is 12.3. The van der Waals surface area contributed by atoms with E-state index < -0.39 is 11.0 Å². The lowest BCUT2D eigenvalue weighted by atomic mass is 10.3. The van der Waals surface area contributed by atoms with Gasteiger partial charge in [-0.3, -0.25) is 4.79 Å². The zero-order valence-electron chi connectivity index (χ0n) is 9.83. The van der Waals surface area contributed by atoms with E-state index in [2.05, 4.69) is 10.3 Å². The van der Waals surface area contributed by atoms with Gasteiger partial charge in [0.15, 0.2) is 6.10 Å². The summed E-state index contributed by atoms with van der Waals surface area (Å²) < 4.78 is 5.28. The summed E-state index contributed by atoms with van der Waals surface area (Å²) in [5.41, 5.74) is 0. The van der Waals surface area contributed by atoms with Crippen LogP contribution in [0.15, 0.2) is 18.3 Å². The van der Waals surface area contributed by atoms with Crippen LogP contribution < -0.4 is 10.1 Å². The van der Waals surface area contributed by atoms with Gasteiger partial charge in [0.05, 0.1) is 0 Å². The minimum atomic E-state index is -0.784. The quantitative estimate of drug-likeness (QED) is 0.623. The molecule has 96 valence electrons. The molecule has 0 unspecified atom stereocenters. The summed E-state index contributed by atoms with van der Waals surface area (Å²) in [7, 11) is 0. The highest BCUT2D eigenvalue weighted by molar-refractivity contribution is 5.81. The fourth-order valence-corrected chi connectivity index (χ4v) is 1.40. The average molecular weight is 251 g/mol. The predicted octanol–water partition coefficient (Wildman–Crippen LogP) is 1.04. The number of pyridine rings is 1. The van der Waals surface area contributed by atoms with Gasteiger partial charge in [0.25, 0.3) is 5.91 Å².